The number of benzene rings is 2. The zero-order chi connectivity index (χ0) is 18.5. The van der Waals surface area contributed by atoms with Crippen molar-refractivity contribution in [1.82, 2.24) is 9.88 Å². The number of fused-ring (bicyclic) bond motifs is 1. The van der Waals surface area contributed by atoms with Gasteiger partial charge >= 0.3 is 0 Å². The van der Waals surface area contributed by atoms with Crippen LogP contribution in [0.4, 0.5) is 0 Å². The Labute approximate surface area is 159 Å². The number of carbonyl (C=O) groups is 1. The molecule has 0 aliphatic carbocycles. The molecule has 5 nitrogen and oxygen atoms in total. The van der Waals surface area contributed by atoms with Crippen LogP contribution in [0, 0.1) is 0 Å². The number of amides is 1. The number of piperazine rings is 1. The first-order chi connectivity index (χ1) is 13.3. The molecule has 2 heterocycles. The largest absolute Gasteiger partial charge is 0.484 e. The predicted octanol–water partition coefficient (Wildman–Crippen LogP) is 1.54. The van der Waals surface area contributed by atoms with E-state index < -0.39 is 0 Å². The number of ether oxygens (including phenoxy) is 1. The normalized spacial score (nSPS) is 15.0. The Bertz CT molecular complexity index is 906. The summed E-state index contributed by atoms with van der Waals surface area (Å²) in [4.78, 5) is 20.1. The first kappa shape index (κ1) is 17.5. The van der Waals surface area contributed by atoms with Crippen molar-refractivity contribution in [3.05, 3.63) is 72.6 Å². The summed E-state index contributed by atoms with van der Waals surface area (Å²) in [6.07, 6.45) is 3.72. The minimum atomic E-state index is 0.0589. The molecule has 0 atom stereocenters. The molecule has 0 spiro atoms. The van der Waals surface area contributed by atoms with Crippen molar-refractivity contribution in [1.29, 1.82) is 0 Å². The first-order valence-corrected chi connectivity index (χ1v) is 9.40. The number of hydrogen-bond acceptors (Lipinski definition) is 3. The molecule has 1 N–H and O–H groups in total. The highest BCUT2D eigenvalue weighted by Gasteiger charge is 2.24. The van der Waals surface area contributed by atoms with Gasteiger partial charge in [0.2, 0.25) is 0 Å². The Hall–Kier alpha value is -2.92. The fourth-order valence-electron chi connectivity index (χ4n) is 3.53. The summed E-state index contributed by atoms with van der Waals surface area (Å²) in [5.74, 6) is 0.798. The Morgan fingerprint density at radius 2 is 1.85 bits per heavy atom. The average Bonchev–Trinajstić information content (AvgIpc) is 2.73. The van der Waals surface area contributed by atoms with Gasteiger partial charge in [0.25, 0.3) is 5.91 Å². The van der Waals surface area contributed by atoms with Crippen LogP contribution in [0.1, 0.15) is 5.56 Å². The molecule has 0 unspecified atom stereocenters. The van der Waals surface area contributed by atoms with E-state index in [1.807, 2.05) is 53.6 Å². The van der Waals surface area contributed by atoms with Crippen LogP contribution in [0.2, 0.25) is 0 Å². The van der Waals surface area contributed by atoms with Crippen LogP contribution < -0.4 is 9.64 Å². The first-order valence-electron chi connectivity index (χ1n) is 9.40. The number of rotatable bonds is 5. The second-order valence-electron chi connectivity index (χ2n) is 6.97. The second kappa shape index (κ2) is 8.18. The van der Waals surface area contributed by atoms with Crippen LogP contribution in [-0.4, -0.2) is 48.6 Å². The number of pyridine rings is 1. The molecule has 1 aromatic heterocycles. The lowest BCUT2D eigenvalue weighted by Gasteiger charge is -2.32. The van der Waals surface area contributed by atoms with E-state index in [4.69, 9.17) is 4.74 Å². The molecule has 1 amide bonds. The van der Waals surface area contributed by atoms with Crippen LogP contribution >= 0.6 is 0 Å². The van der Waals surface area contributed by atoms with Gasteiger partial charge in [-0.15, -0.1) is 0 Å². The number of aromatic nitrogens is 1. The molecule has 1 aliphatic heterocycles. The molecule has 0 saturated carbocycles. The lowest BCUT2D eigenvalue weighted by molar-refractivity contribution is -0.917. The Morgan fingerprint density at radius 1 is 1.04 bits per heavy atom. The van der Waals surface area contributed by atoms with Gasteiger partial charge < -0.3 is 14.5 Å². The van der Waals surface area contributed by atoms with E-state index in [0.29, 0.717) is 0 Å². The van der Waals surface area contributed by atoms with Crippen LogP contribution in [0.25, 0.3) is 10.8 Å². The van der Waals surface area contributed by atoms with Gasteiger partial charge in [0.05, 0.1) is 26.2 Å². The van der Waals surface area contributed by atoms with Gasteiger partial charge in [-0.1, -0.05) is 36.4 Å². The lowest BCUT2D eigenvalue weighted by Crippen LogP contribution is -3.13. The van der Waals surface area contributed by atoms with E-state index in [-0.39, 0.29) is 12.5 Å². The topological polar surface area (TPSA) is 46.9 Å². The summed E-state index contributed by atoms with van der Waals surface area (Å²) in [5, 5.41) is 2.29. The Morgan fingerprint density at radius 3 is 2.63 bits per heavy atom. The van der Waals surface area contributed by atoms with E-state index in [9.17, 15) is 4.79 Å². The minimum absolute atomic E-state index is 0.0589. The van der Waals surface area contributed by atoms with Crippen LogP contribution in [0.5, 0.6) is 5.75 Å². The van der Waals surface area contributed by atoms with Crippen molar-refractivity contribution in [3.8, 4) is 5.75 Å². The van der Waals surface area contributed by atoms with Gasteiger partial charge in [0.1, 0.15) is 12.3 Å². The van der Waals surface area contributed by atoms with E-state index in [2.05, 4.69) is 17.1 Å². The number of nitrogens with one attached hydrogen (secondary N) is 1. The van der Waals surface area contributed by atoms with E-state index in [1.165, 1.54) is 15.8 Å². The third kappa shape index (κ3) is 4.44. The van der Waals surface area contributed by atoms with Crippen molar-refractivity contribution in [2.24, 2.45) is 0 Å². The zero-order valence-electron chi connectivity index (χ0n) is 15.3. The van der Waals surface area contributed by atoms with E-state index in [1.54, 1.807) is 6.20 Å². The maximum absolute atomic E-state index is 12.5. The molecular weight excluding hydrogens is 338 g/mol. The number of hydrogen-bond donors (Lipinski definition) is 1. The standard InChI is InChI=1S/C22H23N3O2/c26-22(17-27-21-8-7-19-5-1-2-6-20(19)14-21)25-12-10-24(11-13-25)16-18-4-3-9-23-15-18/h1-9,14-15H,10-13,16-17H2/p+1. The van der Waals surface area contributed by atoms with Crippen molar-refractivity contribution in [2.75, 3.05) is 32.8 Å². The van der Waals surface area contributed by atoms with Gasteiger partial charge in [-0.3, -0.25) is 9.78 Å². The number of carbonyl (C=O) groups excluding carboxylic acids is 1. The Kier molecular flexibility index (Phi) is 5.30. The quantitative estimate of drug-likeness (QED) is 0.749. The molecule has 4 rings (SSSR count). The molecule has 1 saturated heterocycles. The molecular formula is C22H24N3O2+. The second-order valence-corrected chi connectivity index (χ2v) is 6.97. The van der Waals surface area contributed by atoms with Gasteiger partial charge in [-0.25, -0.2) is 0 Å². The summed E-state index contributed by atoms with van der Waals surface area (Å²) < 4.78 is 5.75. The van der Waals surface area contributed by atoms with Gasteiger partial charge in [-0.2, -0.15) is 0 Å². The molecule has 0 bridgehead atoms. The molecule has 27 heavy (non-hydrogen) atoms. The summed E-state index contributed by atoms with van der Waals surface area (Å²) in [6, 6.07) is 18.1. The van der Waals surface area contributed by atoms with Crippen molar-refractivity contribution in [2.45, 2.75) is 6.54 Å². The van der Waals surface area contributed by atoms with E-state index >= 15 is 0 Å². The SMILES string of the molecule is O=C(COc1ccc2ccccc2c1)N1CC[NH+](Cc2cccnc2)CC1. The van der Waals surface area contributed by atoms with Gasteiger partial charge in [-0.05, 0) is 29.0 Å². The summed E-state index contributed by atoms with van der Waals surface area (Å²) in [5.41, 5.74) is 1.24. The smallest absolute Gasteiger partial charge is 0.260 e. The van der Waals surface area contributed by atoms with E-state index in [0.717, 1.165) is 43.9 Å². The zero-order valence-corrected chi connectivity index (χ0v) is 15.3. The van der Waals surface area contributed by atoms with Crippen LogP contribution in [0.15, 0.2) is 67.0 Å². The number of nitrogens with zero attached hydrogens (tertiary/aromatic N) is 2. The molecule has 1 fully saturated rings. The molecule has 3 aromatic rings. The fourth-order valence-corrected chi connectivity index (χ4v) is 3.53. The van der Waals surface area contributed by atoms with Crippen molar-refractivity contribution in [3.63, 3.8) is 0 Å². The van der Waals surface area contributed by atoms with Crippen LogP contribution in [0.3, 0.4) is 0 Å². The van der Waals surface area contributed by atoms with Gasteiger partial charge in [0.15, 0.2) is 6.61 Å². The highest BCUT2D eigenvalue weighted by molar-refractivity contribution is 5.84. The predicted molar refractivity (Wildman–Crippen MR) is 105 cm³/mol. The van der Waals surface area contributed by atoms with Gasteiger partial charge in [0, 0.05) is 18.0 Å². The molecule has 0 radical (unpaired) electrons. The summed E-state index contributed by atoms with van der Waals surface area (Å²) in [7, 11) is 0. The Balaban J connectivity index is 1.26. The maximum Gasteiger partial charge on any atom is 0.260 e. The monoisotopic (exact) mass is 362 g/mol. The minimum Gasteiger partial charge on any atom is -0.484 e. The third-order valence-corrected chi connectivity index (χ3v) is 5.08. The van der Waals surface area contributed by atoms with Crippen molar-refractivity contribution >= 4 is 16.7 Å². The fraction of sp³-hybridized carbons (Fsp3) is 0.273. The average molecular weight is 362 g/mol. The maximum atomic E-state index is 12.5. The molecule has 5 heteroatoms. The molecule has 138 valence electrons. The summed E-state index contributed by atoms with van der Waals surface area (Å²) >= 11 is 0. The summed E-state index contributed by atoms with van der Waals surface area (Å²) in [6.45, 7) is 4.51. The molecule has 1 aliphatic rings. The van der Waals surface area contributed by atoms with Crippen molar-refractivity contribution < 1.29 is 14.4 Å². The van der Waals surface area contributed by atoms with Crippen LogP contribution in [-0.2, 0) is 11.3 Å². The third-order valence-electron chi connectivity index (χ3n) is 5.08. The highest BCUT2D eigenvalue weighted by atomic mass is 16.5. The highest BCUT2D eigenvalue weighted by Crippen LogP contribution is 2.20. The lowest BCUT2D eigenvalue weighted by atomic mass is 10.1. The molecule has 2 aromatic carbocycles. The number of quaternary nitrogens is 1.